The quantitative estimate of drug-likeness (QED) is 0.335. The molecule has 1 fully saturated rings. The molecule has 0 unspecified atom stereocenters. The van der Waals surface area contributed by atoms with E-state index in [9.17, 15) is 14.0 Å². The second kappa shape index (κ2) is 9.05. The van der Waals surface area contributed by atoms with Crippen molar-refractivity contribution in [3.8, 4) is 0 Å². The molecule has 9 heteroatoms. The van der Waals surface area contributed by atoms with E-state index < -0.39 is 0 Å². The van der Waals surface area contributed by atoms with E-state index in [-0.39, 0.29) is 29.4 Å². The summed E-state index contributed by atoms with van der Waals surface area (Å²) in [6, 6.07) is 9.53. The Labute approximate surface area is 193 Å². The van der Waals surface area contributed by atoms with E-state index in [1.807, 2.05) is 13.0 Å². The third-order valence-electron chi connectivity index (χ3n) is 4.82. The molecule has 3 aromatic rings. The number of hydrogen-bond donors (Lipinski definition) is 1. The smallest absolute Gasteiger partial charge is 0.267 e. The molecule has 0 bridgehead atoms. The molecule has 1 amide bonds. The maximum atomic E-state index is 13.3. The average molecular weight is 467 g/mol. The molecule has 0 radical (unpaired) electrons. The van der Waals surface area contributed by atoms with E-state index in [0.717, 1.165) is 22.9 Å². The van der Waals surface area contributed by atoms with Crippen LogP contribution in [0.15, 0.2) is 64.9 Å². The van der Waals surface area contributed by atoms with Gasteiger partial charge in [0.1, 0.15) is 21.6 Å². The number of carbonyl (C=O) groups is 1. The molecule has 32 heavy (non-hydrogen) atoms. The zero-order chi connectivity index (χ0) is 22.8. The van der Waals surface area contributed by atoms with Crippen LogP contribution in [0.25, 0.3) is 11.7 Å². The number of thiocarbonyl (C=S) groups is 1. The Kier molecular flexibility index (Phi) is 6.20. The van der Waals surface area contributed by atoms with Gasteiger partial charge in [-0.1, -0.05) is 48.3 Å². The largest absolute Gasteiger partial charge is 0.366 e. The first-order valence-electron chi connectivity index (χ1n) is 9.75. The monoisotopic (exact) mass is 466 g/mol. The van der Waals surface area contributed by atoms with E-state index in [0.29, 0.717) is 27.2 Å². The standard InChI is InChI=1S/C23H19FN4O2S2/c1-3-10-25-20-17(21(29)27-12-14(2)4-9-19(27)26-20)11-18-22(30)28(23(31)32-18)13-15-5-7-16(24)8-6-15/h3-9,11-12,25H,1,10,13H2,2H3. The Morgan fingerprint density at radius 3 is 2.69 bits per heavy atom. The number of rotatable bonds is 6. The number of aromatic nitrogens is 2. The summed E-state index contributed by atoms with van der Waals surface area (Å²) >= 11 is 6.51. The number of aryl methyl sites for hydroxylation is 1. The minimum Gasteiger partial charge on any atom is -0.366 e. The van der Waals surface area contributed by atoms with Gasteiger partial charge in [-0.2, -0.15) is 0 Å². The Morgan fingerprint density at radius 1 is 1.22 bits per heavy atom. The van der Waals surface area contributed by atoms with Crippen molar-refractivity contribution in [3.05, 3.63) is 93.0 Å². The number of nitrogens with one attached hydrogen (secondary N) is 1. The highest BCUT2D eigenvalue weighted by atomic mass is 32.2. The van der Waals surface area contributed by atoms with Crippen molar-refractivity contribution in [2.75, 3.05) is 11.9 Å². The summed E-state index contributed by atoms with van der Waals surface area (Å²) in [6.45, 7) is 6.20. The van der Waals surface area contributed by atoms with E-state index in [1.165, 1.54) is 27.5 Å². The lowest BCUT2D eigenvalue weighted by Crippen LogP contribution is -2.27. The van der Waals surface area contributed by atoms with Crippen molar-refractivity contribution in [1.29, 1.82) is 0 Å². The first-order chi connectivity index (χ1) is 15.4. The summed E-state index contributed by atoms with van der Waals surface area (Å²) in [5.74, 6) is -0.298. The Balaban J connectivity index is 1.74. The fraction of sp³-hybridized carbons (Fsp3) is 0.130. The molecular weight excluding hydrogens is 447 g/mol. The van der Waals surface area contributed by atoms with Crippen LogP contribution in [0, 0.1) is 12.7 Å². The molecule has 1 aliphatic heterocycles. The van der Waals surface area contributed by atoms with Crippen molar-refractivity contribution in [2.45, 2.75) is 13.5 Å². The predicted molar refractivity (Wildman–Crippen MR) is 130 cm³/mol. The number of hydrogen-bond acceptors (Lipinski definition) is 6. The van der Waals surface area contributed by atoms with Gasteiger partial charge >= 0.3 is 0 Å². The number of fused-ring (bicyclic) bond motifs is 1. The Hall–Kier alpha value is -3.30. The van der Waals surface area contributed by atoms with Crippen LogP contribution in [-0.2, 0) is 11.3 Å². The summed E-state index contributed by atoms with van der Waals surface area (Å²) in [7, 11) is 0. The molecule has 0 saturated carbocycles. The van der Waals surface area contributed by atoms with Crippen molar-refractivity contribution >= 4 is 51.7 Å². The molecule has 4 rings (SSSR count). The fourth-order valence-corrected chi connectivity index (χ4v) is 4.47. The van der Waals surface area contributed by atoms with Crippen LogP contribution in [0.5, 0.6) is 0 Å². The van der Waals surface area contributed by atoms with Crippen LogP contribution in [0.1, 0.15) is 16.7 Å². The number of amides is 1. The predicted octanol–water partition coefficient (Wildman–Crippen LogP) is 4.14. The molecule has 1 N–H and O–H groups in total. The van der Waals surface area contributed by atoms with Crippen molar-refractivity contribution in [1.82, 2.24) is 14.3 Å². The summed E-state index contributed by atoms with van der Waals surface area (Å²) < 4.78 is 15.0. The summed E-state index contributed by atoms with van der Waals surface area (Å²) in [5.41, 5.74) is 2.12. The van der Waals surface area contributed by atoms with Gasteiger partial charge in [-0.25, -0.2) is 9.37 Å². The third kappa shape index (κ3) is 4.35. The molecule has 0 spiro atoms. The number of carbonyl (C=O) groups excluding carboxylic acids is 1. The lowest BCUT2D eigenvalue weighted by Gasteiger charge is -2.14. The van der Waals surface area contributed by atoms with Crippen LogP contribution in [-0.4, -0.2) is 31.1 Å². The van der Waals surface area contributed by atoms with Gasteiger partial charge in [-0.05, 0) is 42.3 Å². The van der Waals surface area contributed by atoms with Gasteiger partial charge in [0, 0.05) is 12.7 Å². The second-order valence-electron chi connectivity index (χ2n) is 7.18. The number of halogens is 1. The number of pyridine rings is 1. The van der Waals surface area contributed by atoms with Crippen LogP contribution >= 0.6 is 24.0 Å². The topological polar surface area (TPSA) is 66.7 Å². The molecule has 0 aliphatic carbocycles. The zero-order valence-corrected chi connectivity index (χ0v) is 18.8. The number of nitrogens with zero attached hydrogens (tertiary/aromatic N) is 3. The molecule has 1 aliphatic rings. The van der Waals surface area contributed by atoms with Crippen LogP contribution in [0.3, 0.4) is 0 Å². The Bertz CT molecular complexity index is 1330. The first-order valence-corrected chi connectivity index (χ1v) is 11.0. The third-order valence-corrected chi connectivity index (χ3v) is 6.20. The molecule has 3 heterocycles. The van der Waals surface area contributed by atoms with Crippen LogP contribution < -0.4 is 10.9 Å². The van der Waals surface area contributed by atoms with Crippen molar-refractivity contribution in [2.24, 2.45) is 0 Å². The van der Waals surface area contributed by atoms with Crippen molar-refractivity contribution in [3.63, 3.8) is 0 Å². The van der Waals surface area contributed by atoms with Gasteiger partial charge in [-0.3, -0.25) is 18.9 Å². The molecule has 6 nitrogen and oxygen atoms in total. The molecule has 0 atom stereocenters. The fourth-order valence-electron chi connectivity index (χ4n) is 3.23. The summed E-state index contributed by atoms with van der Waals surface area (Å²) in [5, 5.41) is 3.08. The van der Waals surface area contributed by atoms with Gasteiger partial charge in [0.25, 0.3) is 11.5 Å². The molecule has 1 aromatic carbocycles. The Morgan fingerprint density at radius 2 is 1.97 bits per heavy atom. The maximum absolute atomic E-state index is 13.3. The van der Waals surface area contributed by atoms with Crippen molar-refractivity contribution < 1.29 is 9.18 Å². The highest BCUT2D eigenvalue weighted by Crippen LogP contribution is 2.34. The number of anilines is 1. The highest BCUT2D eigenvalue weighted by Gasteiger charge is 2.32. The van der Waals surface area contributed by atoms with E-state index >= 15 is 0 Å². The molecule has 2 aromatic heterocycles. The number of benzene rings is 1. The van der Waals surface area contributed by atoms with Gasteiger partial charge in [0.15, 0.2) is 0 Å². The van der Waals surface area contributed by atoms with E-state index in [4.69, 9.17) is 12.2 Å². The molecule has 1 saturated heterocycles. The molecular formula is C23H19FN4O2S2. The lowest BCUT2D eigenvalue weighted by atomic mass is 10.2. The molecule has 162 valence electrons. The minimum atomic E-state index is -0.349. The van der Waals surface area contributed by atoms with Gasteiger partial charge < -0.3 is 5.32 Å². The van der Waals surface area contributed by atoms with E-state index in [1.54, 1.807) is 30.5 Å². The zero-order valence-electron chi connectivity index (χ0n) is 17.2. The summed E-state index contributed by atoms with van der Waals surface area (Å²) in [6.07, 6.45) is 4.89. The minimum absolute atomic E-state index is 0.220. The maximum Gasteiger partial charge on any atom is 0.267 e. The SMILES string of the molecule is C=CCNc1nc2ccc(C)cn2c(=O)c1C=C1SC(=S)N(Cc2ccc(F)cc2)C1=O. The normalized spacial score (nSPS) is 15.1. The van der Waals surface area contributed by atoms with Gasteiger partial charge in [0.2, 0.25) is 0 Å². The van der Waals surface area contributed by atoms with Gasteiger partial charge in [0.05, 0.1) is 17.0 Å². The van der Waals surface area contributed by atoms with Crippen LogP contribution in [0.2, 0.25) is 0 Å². The second-order valence-corrected chi connectivity index (χ2v) is 8.85. The van der Waals surface area contributed by atoms with Gasteiger partial charge in [-0.15, -0.1) is 6.58 Å². The first kappa shape index (κ1) is 21.9. The highest BCUT2D eigenvalue weighted by molar-refractivity contribution is 8.26. The average Bonchev–Trinajstić information content (AvgIpc) is 3.03. The summed E-state index contributed by atoms with van der Waals surface area (Å²) in [4.78, 5) is 32.6. The van der Waals surface area contributed by atoms with Crippen LogP contribution in [0.4, 0.5) is 10.2 Å². The lowest BCUT2D eigenvalue weighted by molar-refractivity contribution is -0.122. The van der Waals surface area contributed by atoms with E-state index in [2.05, 4.69) is 16.9 Å². The number of thioether (sulfide) groups is 1.